The summed E-state index contributed by atoms with van der Waals surface area (Å²) in [7, 11) is 1.41. The van der Waals surface area contributed by atoms with Gasteiger partial charge in [0.15, 0.2) is 11.4 Å². The summed E-state index contributed by atoms with van der Waals surface area (Å²) in [6.45, 7) is 7.01. The summed E-state index contributed by atoms with van der Waals surface area (Å²) in [4.78, 5) is 43.2. The van der Waals surface area contributed by atoms with E-state index >= 15 is 0 Å². The molecule has 226 valence electrons. The first-order chi connectivity index (χ1) is 20.7. The number of methoxy groups -OCH3 is 1. The van der Waals surface area contributed by atoms with Crippen molar-refractivity contribution in [2.24, 2.45) is 5.92 Å². The molecule has 2 aliphatic rings. The molecule has 2 amide bonds. The standard InChI is InChI=1S/C35H41N3O5/c1-20(2)35(41)43-32-29(42-5)16-17-36-31(32)34(40)38-22(4)33(39)37-21(3)30(27-10-6-8-25(18-27)23-12-13-23)28-11-7-9-26(19-28)24-14-15-24/h6-11,16-24,30H,12-15H2,1-5H3,(H,37,39)(H,38,40)/t21-,22-/m0/s1. The maximum atomic E-state index is 13.5. The largest absolute Gasteiger partial charge is 0.493 e. The number of aromatic nitrogens is 1. The second kappa shape index (κ2) is 13.0. The van der Waals surface area contributed by atoms with Crippen LogP contribution >= 0.6 is 0 Å². The van der Waals surface area contributed by atoms with Crippen LogP contribution in [0.1, 0.15) is 104 Å². The minimum absolute atomic E-state index is 0.0636. The lowest BCUT2D eigenvalue weighted by molar-refractivity contribution is -0.137. The number of nitrogens with one attached hydrogen (secondary N) is 2. The van der Waals surface area contributed by atoms with Gasteiger partial charge >= 0.3 is 5.97 Å². The van der Waals surface area contributed by atoms with E-state index in [9.17, 15) is 14.4 Å². The number of hydrogen-bond donors (Lipinski definition) is 2. The van der Waals surface area contributed by atoms with E-state index < -0.39 is 23.8 Å². The molecule has 8 heteroatoms. The third-order valence-corrected chi connectivity index (χ3v) is 8.23. The maximum Gasteiger partial charge on any atom is 0.313 e. The van der Waals surface area contributed by atoms with Gasteiger partial charge < -0.3 is 20.1 Å². The van der Waals surface area contributed by atoms with Crippen molar-refractivity contribution in [3.05, 3.63) is 88.7 Å². The van der Waals surface area contributed by atoms with Gasteiger partial charge in [0.25, 0.3) is 5.91 Å². The van der Waals surface area contributed by atoms with E-state index in [4.69, 9.17) is 9.47 Å². The molecule has 0 bridgehead atoms. The third-order valence-electron chi connectivity index (χ3n) is 8.23. The molecule has 0 unspecified atom stereocenters. The van der Waals surface area contributed by atoms with Crippen LogP contribution in [0, 0.1) is 5.92 Å². The molecule has 1 heterocycles. The van der Waals surface area contributed by atoms with Gasteiger partial charge in [0.2, 0.25) is 11.7 Å². The van der Waals surface area contributed by atoms with Gasteiger partial charge in [0, 0.05) is 24.2 Å². The van der Waals surface area contributed by atoms with Crippen LogP contribution in [0.15, 0.2) is 60.8 Å². The number of carbonyl (C=O) groups excluding carboxylic acids is 3. The van der Waals surface area contributed by atoms with Crippen molar-refractivity contribution in [2.45, 2.75) is 83.2 Å². The number of ether oxygens (including phenoxy) is 2. The minimum Gasteiger partial charge on any atom is -0.493 e. The van der Waals surface area contributed by atoms with E-state index in [0.717, 1.165) is 0 Å². The van der Waals surface area contributed by atoms with Crippen LogP contribution in [0.3, 0.4) is 0 Å². The van der Waals surface area contributed by atoms with Gasteiger partial charge in [-0.15, -0.1) is 0 Å². The van der Waals surface area contributed by atoms with E-state index in [2.05, 4.69) is 64.1 Å². The first kappa shape index (κ1) is 30.3. The van der Waals surface area contributed by atoms with Gasteiger partial charge in [-0.1, -0.05) is 62.4 Å². The quantitative estimate of drug-likeness (QED) is 0.259. The predicted molar refractivity (Wildman–Crippen MR) is 164 cm³/mol. The Balaban J connectivity index is 1.34. The normalized spacial score (nSPS) is 16.0. The lowest BCUT2D eigenvalue weighted by Crippen LogP contribution is -2.49. The number of esters is 1. The Morgan fingerprint density at radius 3 is 1.93 bits per heavy atom. The van der Waals surface area contributed by atoms with Gasteiger partial charge in [0.1, 0.15) is 6.04 Å². The fourth-order valence-corrected chi connectivity index (χ4v) is 5.45. The molecule has 1 aromatic heterocycles. The van der Waals surface area contributed by atoms with E-state index in [1.165, 1.54) is 67.3 Å². The molecule has 0 spiro atoms. The van der Waals surface area contributed by atoms with Crippen LogP contribution in [0.5, 0.6) is 11.5 Å². The molecule has 3 aromatic rings. The maximum absolute atomic E-state index is 13.5. The van der Waals surface area contributed by atoms with Crippen molar-refractivity contribution < 1.29 is 23.9 Å². The average Bonchev–Trinajstić information content (AvgIpc) is 3.91. The zero-order valence-electron chi connectivity index (χ0n) is 25.6. The third kappa shape index (κ3) is 7.24. The number of hydrogen-bond acceptors (Lipinski definition) is 6. The SMILES string of the molecule is COc1ccnc(C(=O)N[C@@H](C)C(=O)N[C@@H](C)C(c2cccc(C3CC3)c2)c2cccc(C3CC3)c2)c1OC(=O)C(C)C. The highest BCUT2D eigenvalue weighted by Gasteiger charge is 2.31. The topological polar surface area (TPSA) is 107 Å². The summed E-state index contributed by atoms with van der Waals surface area (Å²) in [5, 5.41) is 5.88. The Bertz CT molecular complexity index is 1440. The van der Waals surface area contributed by atoms with Gasteiger partial charge in [-0.3, -0.25) is 14.4 Å². The Labute approximate surface area is 253 Å². The van der Waals surface area contributed by atoms with E-state index in [-0.39, 0.29) is 35.1 Å². The Hall–Kier alpha value is -4.20. The fraction of sp³-hybridized carbons (Fsp3) is 0.429. The molecule has 2 saturated carbocycles. The molecular weight excluding hydrogens is 542 g/mol. The lowest BCUT2D eigenvalue weighted by atomic mass is 9.83. The Morgan fingerprint density at radius 2 is 1.42 bits per heavy atom. The van der Waals surface area contributed by atoms with Crippen molar-refractivity contribution >= 4 is 17.8 Å². The van der Waals surface area contributed by atoms with Gasteiger partial charge in [-0.05, 0) is 73.6 Å². The molecule has 0 saturated heterocycles. The van der Waals surface area contributed by atoms with Crippen LogP contribution in [0.2, 0.25) is 0 Å². The van der Waals surface area contributed by atoms with Crippen molar-refractivity contribution in [1.29, 1.82) is 0 Å². The number of carbonyl (C=O) groups is 3. The summed E-state index contributed by atoms with van der Waals surface area (Å²) < 4.78 is 10.8. The fourth-order valence-electron chi connectivity index (χ4n) is 5.45. The van der Waals surface area contributed by atoms with Gasteiger partial charge in [-0.25, -0.2) is 4.98 Å². The number of nitrogens with zero attached hydrogens (tertiary/aromatic N) is 1. The van der Waals surface area contributed by atoms with E-state index in [1.807, 2.05) is 6.92 Å². The molecule has 2 N–H and O–H groups in total. The first-order valence-electron chi connectivity index (χ1n) is 15.2. The average molecular weight is 584 g/mol. The van der Waals surface area contributed by atoms with Crippen molar-refractivity contribution in [3.63, 3.8) is 0 Å². The molecule has 8 nitrogen and oxygen atoms in total. The first-order valence-corrected chi connectivity index (χ1v) is 15.2. The second-order valence-electron chi connectivity index (χ2n) is 12.1. The zero-order valence-corrected chi connectivity index (χ0v) is 25.6. The summed E-state index contributed by atoms with van der Waals surface area (Å²) in [6.07, 6.45) is 6.26. The highest BCUT2D eigenvalue weighted by molar-refractivity contribution is 5.99. The van der Waals surface area contributed by atoms with Crippen LogP contribution in [0.25, 0.3) is 0 Å². The van der Waals surface area contributed by atoms with E-state index in [1.54, 1.807) is 20.8 Å². The molecule has 0 aliphatic heterocycles. The molecular formula is C35H41N3O5. The molecule has 0 radical (unpaired) electrons. The predicted octanol–water partition coefficient (Wildman–Crippen LogP) is 5.86. The minimum atomic E-state index is -0.882. The summed E-state index contributed by atoms with van der Waals surface area (Å²) in [5.41, 5.74) is 4.89. The Kier molecular flexibility index (Phi) is 9.14. The number of rotatable bonds is 12. The smallest absolute Gasteiger partial charge is 0.313 e. The van der Waals surface area contributed by atoms with Gasteiger partial charge in [0.05, 0.1) is 13.0 Å². The molecule has 43 heavy (non-hydrogen) atoms. The zero-order chi connectivity index (χ0) is 30.7. The van der Waals surface area contributed by atoms with Crippen LogP contribution in [0.4, 0.5) is 0 Å². The number of pyridine rings is 1. The summed E-state index contributed by atoms with van der Waals surface area (Å²) >= 11 is 0. The highest BCUT2D eigenvalue weighted by atomic mass is 16.6. The van der Waals surface area contributed by atoms with Gasteiger partial charge in [-0.2, -0.15) is 0 Å². The Morgan fingerprint density at radius 1 is 0.837 bits per heavy atom. The van der Waals surface area contributed by atoms with Crippen LogP contribution in [-0.2, 0) is 9.59 Å². The summed E-state index contributed by atoms with van der Waals surface area (Å²) in [5.74, 6) is -0.624. The number of amides is 2. The molecule has 2 fully saturated rings. The van der Waals surface area contributed by atoms with Crippen molar-refractivity contribution in [2.75, 3.05) is 7.11 Å². The second-order valence-corrected chi connectivity index (χ2v) is 12.1. The number of benzene rings is 2. The van der Waals surface area contributed by atoms with Crippen molar-refractivity contribution in [3.8, 4) is 11.5 Å². The summed E-state index contributed by atoms with van der Waals surface area (Å²) in [6, 6.07) is 17.8. The molecule has 2 aliphatic carbocycles. The molecule has 2 aromatic carbocycles. The van der Waals surface area contributed by atoms with E-state index in [0.29, 0.717) is 11.8 Å². The van der Waals surface area contributed by atoms with Crippen LogP contribution in [-0.4, -0.2) is 42.0 Å². The highest BCUT2D eigenvalue weighted by Crippen LogP contribution is 2.43. The monoisotopic (exact) mass is 583 g/mol. The molecule has 2 atom stereocenters. The van der Waals surface area contributed by atoms with Crippen molar-refractivity contribution in [1.82, 2.24) is 15.6 Å². The lowest BCUT2D eigenvalue weighted by Gasteiger charge is -2.28. The molecule has 5 rings (SSSR count). The van der Waals surface area contributed by atoms with Crippen LogP contribution < -0.4 is 20.1 Å².